The summed E-state index contributed by atoms with van der Waals surface area (Å²) in [6.45, 7) is 5.19. The van der Waals surface area contributed by atoms with E-state index in [1.807, 2.05) is 18.2 Å². The van der Waals surface area contributed by atoms with Crippen LogP contribution in [0.25, 0.3) is 0 Å². The Hall–Kier alpha value is -1.26. The molecule has 1 aromatic carbocycles. The van der Waals surface area contributed by atoms with Gasteiger partial charge in [-0.3, -0.25) is 0 Å². The fraction of sp³-hybridized carbons (Fsp3) is 0.625. The van der Waals surface area contributed by atoms with Gasteiger partial charge in [0.1, 0.15) is 11.5 Å². The third-order valence-corrected chi connectivity index (χ3v) is 4.02. The predicted octanol–water partition coefficient (Wildman–Crippen LogP) is 2.36. The van der Waals surface area contributed by atoms with Crippen LogP contribution in [0.5, 0.6) is 11.5 Å². The molecular formula is C16H26N2O2. The van der Waals surface area contributed by atoms with E-state index in [0.29, 0.717) is 0 Å². The lowest BCUT2D eigenvalue weighted by Crippen LogP contribution is -2.47. The summed E-state index contributed by atoms with van der Waals surface area (Å²) in [5.74, 6) is 1.64. The minimum Gasteiger partial charge on any atom is -0.497 e. The number of ether oxygens (including phenoxy) is 2. The van der Waals surface area contributed by atoms with Gasteiger partial charge in [-0.2, -0.15) is 0 Å². The Kier molecular flexibility index (Phi) is 4.89. The van der Waals surface area contributed by atoms with Crippen LogP contribution in [0.1, 0.15) is 31.7 Å². The molecule has 0 spiro atoms. The number of benzene rings is 1. The molecule has 0 amide bonds. The van der Waals surface area contributed by atoms with Gasteiger partial charge in [0.15, 0.2) is 0 Å². The second-order valence-electron chi connectivity index (χ2n) is 5.82. The number of hydrogen-bond acceptors (Lipinski definition) is 4. The smallest absolute Gasteiger partial charge is 0.124 e. The maximum absolute atomic E-state index is 6.59. The molecule has 1 aliphatic rings. The molecule has 1 aromatic rings. The summed E-state index contributed by atoms with van der Waals surface area (Å²) in [7, 11) is 3.35. The highest BCUT2D eigenvalue weighted by Crippen LogP contribution is 2.32. The summed E-state index contributed by atoms with van der Waals surface area (Å²) in [5, 5.41) is 0. The lowest BCUT2D eigenvalue weighted by Gasteiger charge is -2.35. The van der Waals surface area contributed by atoms with Gasteiger partial charge in [0.2, 0.25) is 0 Å². The second-order valence-corrected chi connectivity index (χ2v) is 5.82. The highest BCUT2D eigenvalue weighted by Gasteiger charge is 2.28. The molecule has 1 fully saturated rings. The highest BCUT2D eigenvalue weighted by molar-refractivity contribution is 5.44. The molecule has 0 aromatic heterocycles. The van der Waals surface area contributed by atoms with E-state index in [2.05, 4.69) is 11.8 Å². The third kappa shape index (κ3) is 3.44. The van der Waals surface area contributed by atoms with Crippen molar-refractivity contribution in [3.05, 3.63) is 23.8 Å². The maximum Gasteiger partial charge on any atom is 0.124 e. The molecule has 4 nitrogen and oxygen atoms in total. The van der Waals surface area contributed by atoms with Gasteiger partial charge in [0.05, 0.1) is 19.8 Å². The van der Waals surface area contributed by atoms with E-state index in [1.165, 1.54) is 19.3 Å². The summed E-state index contributed by atoms with van der Waals surface area (Å²) in [4.78, 5) is 2.45. The topological polar surface area (TPSA) is 47.7 Å². The largest absolute Gasteiger partial charge is 0.497 e. The van der Waals surface area contributed by atoms with E-state index < -0.39 is 5.54 Å². The van der Waals surface area contributed by atoms with E-state index in [1.54, 1.807) is 14.2 Å². The van der Waals surface area contributed by atoms with Crippen molar-refractivity contribution in [2.45, 2.75) is 31.7 Å². The van der Waals surface area contributed by atoms with Crippen molar-refractivity contribution in [2.24, 2.45) is 5.73 Å². The quantitative estimate of drug-likeness (QED) is 0.898. The van der Waals surface area contributed by atoms with E-state index in [-0.39, 0.29) is 0 Å². The Bertz CT molecular complexity index is 440. The molecule has 1 unspecified atom stereocenters. The lowest BCUT2D eigenvalue weighted by atomic mass is 9.90. The third-order valence-electron chi connectivity index (χ3n) is 4.02. The molecule has 20 heavy (non-hydrogen) atoms. The first-order valence-corrected chi connectivity index (χ1v) is 7.30. The van der Waals surface area contributed by atoms with Gasteiger partial charge >= 0.3 is 0 Å². The van der Waals surface area contributed by atoms with Crippen molar-refractivity contribution in [3.63, 3.8) is 0 Å². The van der Waals surface area contributed by atoms with Crippen LogP contribution >= 0.6 is 0 Å². The molecule has 0 saturated carbocycles. The molecule has 1 aliphatic heterocycles. The maximum atomic E-state index is 6.59. The van der Waals surface area contributed by atoms with Crippen molar-refractivity contribution in [1.82, 2.24) is 4.90 Å². The zero-order valence-electron chi connectivity index (χ0n) is 12.8. The fourth-order valence-corrected chi connectivity index (χ4v) is 2.93. The van der Waals surface area contributed by atoms with Gasteiger partial charge in [-0.05, 0) is 51.1 Å². The normalized spacial score (nSPS) is 19.4. The Labute approximate surface area is 121 Å². The van der Waals surface area contributed by atoms with Crippen LogP contribution < -0.4 is 15.2 Å². The SMILES string of the molecule is COc1ccc(OC)c(C(C)(N)CN2CCCCC2)c1. The molecule has 112 valence electrons. The Morgan fingerprint density at radius 3 is 2.45 bits per heavy atom. The molecular weight excluding hydrogens is 252 g/mol. The Morgan fingerprint density at radius 2 is 1.85 bits per heavy atom. The monoisotopic (exact) mass is 278 g/mol. The van der Waals surface area contributed by atoms with Crippen LogP contribution in [-0.2, 0) is 5.54 Å². The molecule has 1 heterocycles. The van der Waals surface area contributed by atoms with Crippen molar-refractivity contribution < 1.29 is 9.47 Å². The molecule has 0 bridgehead atoms. The highest BCUT2D eigenvalue weighted by atomic mass is 16.5. The first-order chi connectivity index (χ1) is 9.56. The summed E-state index contributed by atoms with van der Waals surface area (Å²) >= 11 is 0. The second kappa shape index (κ2) is 6.46. The van der Waals surface area contributed by atoms with Crippen LogP contribution in [-0.4, -0.2) is 38.8 Å². The van der Waals surface area contributed by atoms with Crippen LogP contribution in [0.2, 0.25) is 0 Å². The molecule has 2 N–H and O–H groups in total. The summed E-state index contributed by atoms with van der Waals surface area (Å²) in [6, 6.07) is 5.82. The van der Waals surface area contributed by atoms with Crippen molar-refractivity contribution in [2.75, 3.05) is 33.9 Å². The zero-order chi connectivity index (χ0) is 14.6. The average molecular weight is 278 g/mol. The van der Waals surface area contributed by atoms with E-state index in [9.17, 15) is 0 Å². The number of nitrogens with two attached hydrogens (primary N) is 1. The zero-order valence-corrected chi connectivity index (χ0v) is 12.8. The van der Waals surface area contributed by atoms with Crippen LogP contribution in [0, 0.1) is 0 Å². The van der Waals surface area contributed by atoms with Gasteiger partial charge in [-0.1, -0.05) is 6.42 Å². The summed E-state index contributed by atoms with van der Waals surface area (Å²) < 4.78 is 10.8. The van der Waals surface area contributed by atoms with E-state index in [0.717, 1.165) is 36.7 Å². The average Bonchev–Trinajstić information content (AvgIpc) is 2.47. The molecule has 2 rings (SSSR count). The first-order valence-electron chi connectivity index (χ1n) is 7.30. The molecule has 1 saturated heterocycles. The standard InChI is InChI=1S/C16H26N2O2/c1-16(17,12-18-9-5-4-6-10-18)14-11-13(19-2)7-8-15(14)20-3/h7-8,11H,4-6,9-10,12,17H2,1-3H3. The predicted molar refractivity (Wildman–Crippen MR) is 81.4 cm³/mol. The minimum absolute atomic E-state index is 0.447. The van der Waals surface area contributed by atoms with Crippen molar-refractivity contribution in [1.29, 1.82) is 0 Å². The van der Waals surface area contributed by atoms with Gasteiger partial charge in [0.25, 0.3) is 0 Å². The number of hydrogen-bond donors (Lipinski definition) is 1. The van der Waals surface area contributed by atoms with E-state index >= 15 is 0 Å². The fourth-order valence-electron chi connectivity index (χ4n) is 2.93. The van der Waals surface area contributed by atoms with Crippen LogP contribution in [0.15, 0.2) is 18.2 Å². The minimum atomic E-state index is -0.447. The van der Waals surface area contributed by atoms with Gasteiger partial charge < -0.3 is 20.1 Å². The van der Waals surface area contributed by atoms with Crippen LogP contribution in [0.3, 0.4) is 0 Å². The van der Waals surface area contributed by atoms with Gasteiger partial charge in [0, 0.05) is 12.1 Å². The van der Waals surface area contributed by atoms with Gasteiger partial charge in [-0.25, -0.2) is 0 Å². The number of rotatable bonds is 5. The number of nitrogens with zero attached hydrogens (tertiary/aromatic N) is 1. The summed E-state index contributed by atoms with van der Waals surface area (Å²) in [6.07, 6.45) is 3.87. The first kappa shape index (κ1) is 15.1. The molecule has 1 atom stereocenters. The number of likely N-dealkylation sites (tertiary alicyclic amines) is 1. The van der Waals surface area contributed by atoms with Gasteiger partial charge in [-0.15, -0.1) is 0 Å². The molecule has 0 aliphatic carbocycles. The number of piperidine rings is 1. The van der Waals surface area contributed by atoms with E-state index in [4.69, 9.17) is 15.2 Å². The van der Waals surface area contributed by atoms with Crippen LogP contribution in [0.4, 0.5) is 0 Å². The molecule has 4 heteroatoms. The Balaban J connectivity index is 2.22. The van der Waals surface area contributed by atoms with Crippen molar-refractivity contribution >= 4 is 0 Å². The van der Waals surface area contributed by atoms with Crippen molar-refractivity contribution in [3.8, 4) is 11.5 Å². The lowest BCUT2D eigenvalue weighted by molar-refractivity contribution is 0.183. The Morgan fingerprint density at radius 1 is 1.15 bits per heavy atom. The number of methoxy groups -OCH3 is 2. The molecule has 0 radical (unpaired) electrons. The summed E-state index contributed by atoms with van der Waals surface area (Å²) in [5.41, 5.74) is 7.15.